The van der Waals surface area contributed by atoms with Crippen molar-refractivity contribution in [1.29, 1.82) is 0 Å². The summed E-state index contributed by atoms with van der Waals surface area (Å²) in [5, 5.41) is 0. The van der Waals surface area contributed by atoms with E-state index in [-0.39, 0.29) is 11.2 Å². The van der Waals surface area contributed by atoms with E-state index in [9.17, 15) is 0 Å². The van der Waals surface area contributed by atoms with Gasteiger partial charge in [-0.15, -0.1) is 0 Å². The van der Waals surface area contributed by atoms with Crippen molar-refractivity contribution in [2.75, 3.05) is 13.2 Å². The van der Waals surface area contributed by atoms with E-state index in [1.165, 1.54) is 37.7 Å². The number of fused-ring (bicyclic) bond motifs is 6. The maximum Gasteiger partial charge on any atom is 0.174 e. The Morgan fingerprint density at radius 3 is 2.75 bits per heavy atom. The van der Waals surface area contributed by atoms with Crippen LogP contribution in [0.25, 0.3) is 6.08 Å². The minimum Gasteiger partial charge on any atom is -0.347 e. The van der Waals surface area contributed by atoms with Gasteiger partial charge in [0.05, 0.1) is 13.2 Å². The first-order valence-electron chi connectivity index (χ1n) is 9.70. The highest BCUT2D eigenvalue weighted by Gasteiger charge is 2.64. The molecule has 3 fully saturated rings. The summed E-state index contributed by atoms with van der Waals surface area (Å²) >= 11 is 0. The van der Waals surface area contributed by atoms with Crippen molar-refractivity contribution < 1.29 is 9.47 Å². The van der Waals surface area contributed by atoms with Crippen LogP contribution in [0.2, 0.25) is 0 Å². The van der Waals surface area contributed by atoms with Crippen molar-refractivity contribution in [3.8, 4) is 0 Å². The van der Waals surface area contributed by atoms with E-state index in [0.717, 1.165) is 37.4 Å². The van der Waals surface area contributed by atoms with Crippen LogP contribution in [0.15, 0.2) is 24.8 Å². The van der Waals surface area contributed by atoms with E-state index < -0.39 is 0 Å². The zero-order valence-electron chi connectivity index (χ0n) is 14.7. The van der Waals surface area contributed by atoms with E-state index in [0.29, 0.717) is 0 Å². The van der Waals surface area contributed by atoms with Gasteiger partial charge in [0.15, 0.2) is 5.79 Å². The number of aryl methyl sites for hydroxylation is 1. The van der Waals surface area contributed by atoms with Crippen LogP contribution >= 0.6 is 0 Å². The quantitative estimate of drug-likeness (QED) is 0.729. The van der Waals surface area contributed by atoms with Crippen molar-refractivity contribution in [2.45, 2.75) is 57.2 Å². The van der Waals surface area contributed by atoms with Crippen molar-refractivity contribution in [3.05, 3.63) is 41.5 Å². The Labute approximate surface area is 145 Å². The topological polar surface area (TPSA) is 18.5 Å². The van der Waals surface area contributed by atoms with Crippen LogP contribution in [0.4, 0.5) is 0 Å². The molecule has 128 valence electrons. The van der Waals surface area contributed by atoms with Crippen LogP contribution in [0.3, 0.4) is 0 Å². The molecule has 0 N–H and O–H groups in total. The van der Waals surface area contributed by atoms with Gasteiger partial charge in [0, 0.05) is 11.8 Å². The summed E-state index contributed by atoms with van der Waals surface area (Å²) in [5.74, 6) is 2.03. The SMILES string of the molecule is C=Cc1ccc2c(c1)CCC1C2CC[C@@]2(C)C1CCC21OCCO1. The molecule has 24 heavy (non-hydrogen) atoms. The van der Waals surface area contributed by atoms with Crippen molar-refractivity contribution in [3.63, 3.8) is 0 Å². The Bertz CT molecular complexity index is 673. The first-order chi connectivity index (χ1) is 11.7. The van der Waals surface area contributed by atoms with Crippen molar-refractivity contribution in [2.24, 2.45) is 17.3 Å². The zero-order valence-corrected chi connectivity index (χ0v) is 14.7. The molecule has 0 amide bonds. The lowest BCUT2D eigenvalue weighted by molar-refractivity contribution is -0.237. The average Bonchev–Trinajstić information content (AvgIpc) is 3.21. The summed E-state index contributed by atoms with van der Waals surface area (Å²) in [4.78, 5) is 0. The van der Waals surface area contributed by atoms with E-state index in [4.69, 9.17) is 9.47 Å². The average molecular weight is 324 g/mol. The van der Waals surface area contributed by atoms with Gasteiger partial charge in [-0.05, 0) is 66.5 Å². The third-order valence-corrected chi connectivity index (χ3v) is 7.78. The maximum absolute atomic E-state index is 6.22. The van der Waals surface area contributed by atoms with Crippen LogP contribution in [0, 0.1) is 17.3 Å². The number of ether oxygens (including phenoxy) is 2. The van der Waals surface area contributed by atoms with Crippen LogP contribution in [-0.4, -0.2) is 19.0 Å². The second kappa shape index (κ2) is 5.19. The molecule has 5 rings (SSSR count). The number of benzene rings is 1. The maximum atomic E-state index is 6.22. The molecule has 3 unspecified atom stereocenters. The molecule has 3 aliphatic carbocycles. The van der Waals surface area contributed by atoms with E-state index in [1.54, 1.807) is 11.1 Å². The highest BCUT2D eigenvalue weighted by molar-refractivity contribution is 5.51. The molecule has 4 aliphatic rings. The van der Waals surface area contributed by atoms with E-state index >= 15 is 0 Å². The zero-order chi connectivity index (χ0) is 16.4. The van der Waals surface area contributed by atoms with Crippen LogP contribution in [-0.2, 0) is 15.9 Å². The molecule has 1 aliphatic heterocycles. The Morgan fingerprint density at radius 2 is 1.96 bits per heavy atom. The largest absolute Gasteiger partial charge is 0.347 e. The molecular formula is C22H28O2. The standard InChI is InChI=1S/C22H28O2/c1-3-15-4-6-17-16(14-15)5-7-19-18(17)8-10-21(2)20(19)9-11-22(21)23-12-13-24-22/h3-4,6,14,18-20H,1,5,7-13H2,2H3/t18?,19?,20?,21-/m0/s1. The number of hydrogen-bond donors (Lipinski definition) is 0. The first-order valence-corrected chi connectivity index (χ1v) is 9.70. The summed E-state index contributed by atoms with van der Waals surface area (Å²) < 4.78 is 12.4. The fourth-order valence-corrected chi connectivity index (χ4v) is 6.61. The summed E-state index contributed by atoms with van der Waals surface area (Å²) in [6, 6.07) is 7.01. The van der Waals surface area contributed by atoms with Gasteiger partial charge in [0.1, 0.15) is 0 Å². The molecule has 4 atom stereocenters. The van der Waals surface area contributed by atoms with Crippen LogP contribution in [0.1, 0.15) is 61.6 Å². The lowest BCUT2D eigenvalue weighted by atomic mass is 9.55. The van der Waals surface area contributed by atoms with Gasteiger partial charge >= 0.3 is 0 Å². The molecule has 2 saturated carbocycles. The summed E-state index contributed by atoms with van der Waals surface area (Å²) in [5.41, 5.74) is 4.66. The van der Waals surface area contributed by atoms with Gasteiger partial charge in [-0.3, -0.25) is 0 Å². The fraction of sp³-hybridized carbons (Fsp3) is 0.636. The Balaban J connectivity index is 1.50. The summed E-state index contributed by atoms with van der Waals surface area (Å²) in [6.07, 6.45) is 9.42. The normalized spacial score (nSPS) is 39.3. The Hall–Kier alpha value is -1.12. The predicted molar refractivity (Wildman–Crippen MR) is 95.8 cm³/mol. The van der Waals surface area contributed by atoms with Gasteiger partial charge in [0.25, 0.3) is 0 Å². The van der Waals surface area contributed by atoms with Gasteiger partial charge in [-0.2, -0.15) is 0 Å². The monoisotopic (exact) mass is 324 g/mol. The lowest BCUT2D eigenvalue weighted by Gasteiger charge is -2.52. The van der Waals surface area contributed by atoms with E-state index in [1.807, 2.05) is 6.08 Å². The fourth-order valence-electron chi connectivity index (χ4n) is 6.61. The van der Waals surface area contributed by atoms with Crippen LogP contribution in [0.5, 0.6) is 0 Å². The molecule has 1 aromatic rings. The minimum atomic E-state index is -0.268. The highest BCUT2D eigenvalue weighted by atomic mass is 16.7. The molecule has 1 heterocycles. The molecule has 0 bridgehead atoms. The van der Waals surface area contributed by atoms with E-state index in [2.05, 4.69) is 31.7 Å². The molecule has 0 radical (unpaired) electrons. The molecule has 2 heteroatoms. The summed E-state index contributed by atoms with van der Waals surface area (Å²) in [6.45, 7) is 7.95. The summed E-state index contributed by atoms with van der Waals surface area (Å²) in [7, 11) is 0. The van der Waals surface area contributed by atoms with Gasteiger partial charge in [-0.25, -0.2) is 0 Å². The van der Waals surface area contributed by atoms with Gasteiger partial charge in [0.2, 0.25) is 0 Å². The Morgan fingerprint density at radius 1 is 1.12 bits per heavy atom. The third-order valence-electron chi connectivity index (χ3n) is 7.78. The van der Waals surface area contributed by atoms with Gasteiger partial charge < -0.3 is 9.47 Å². The Kier molecular flexibility index (Phi) is 3.28. The molecule has 0 aromatic heterocycles. The lowest BCUT2D eigenvalue weighted by Crippen LogP contribution is -2.51. The highest BCUT2D eigenvalue weighted by Crippen LogP contribution is 2.66. The molecule has 2 nitrogen and oxygen atoms in total. The van der Waals surface area contributed by atoms with Crippen LogP contribution < -0.4 is 0 Å². The third kappa shape index (κ3) is 1.84. The predicted octanol–water partition coefficient (Wildman–Crippen LogP) is 4.93. The van der Waals surface area contributed by atoms with Crippen molar-refractivity contribution >= 4 is 6.08 Å². The van der Waals surface area contributed by atoms with Gasteiger partial charge in [-0.1, -0.05) is 37.8 Å². The number of hydrogen-bond acceptors (Lipinski definition) is 2. The molecule has 1 spiro atoms. The molecule has 1 saturated heterocycles. The molecular weight excluding hydrogens is 296 g/mol. The second-order valence-corrected chi connectivity index (χ2v) is 8.52. The number of rotatable bonds is 1. The van der Waals surface area contributed by atoms with Crippen molar-refractivity contribution in [1.82, 2.24) is 0 Å². The second-order valence-electron chi connectivity index (χ2n) is 8.52. The molecule has 1 aromatic carbocycles. The minimum absolute atomic E-state index is 0.212. The first kappa shape index (κ1) is 15.2. The smallest absolute Gasteiger partial charge is 0.174 e.